The van der Waals surface area contributed by atoms with Crippen LogP contribution in [0.15, 0.2) is 18.2 Å². The normalized spacial score (nSPS) is 11.3. The molecule has 0 heterocycles. The minimum atomic E-state index is -0.387. The number of rotatable bonds is 8. The Bertz CT molecular complexity index is 479. The zero-order chi connectivity index (χ0) is 16.7. The van der Waals surface area contributed by atoms with E-state index in [1.165, 1.54) is 0 Å². The first-order valence-electron chi connectivity index (χ1n) is 7.82. The highest BCUT2D eigenvalue weighted by Crippen LogP contribution is 2.23. The fourth-order valence-corrected chi connectivity index (χ4v) is 2.41. The predicted molar refractivity (Wildman–Crippen MR) is 89.3 cm³/mol. The van der Waals surface area contributed by atoms with Gasteiger partial charge in [0.1, 0.15) is 17.9 Å². The molecular weight excluding hydrogens is 280 g/mol. The molecule has 5 nitrogen and oxygen atoms in total. The van der Waals surface area contributed by atoms with Gasteiger partial charge in [0, 0.05) is 30.4 Å². The minimum absolute atomic E-state index is 0.330. The van der Waals surface area contributed by atoms with Crippen LogP contribution in [-0.2, 0) is 4.74 Å². The largest absolute Gasteiger partial charge is 0.491 e. The average molecular weight is 308 g/mol. The summed E-state index contributed by atoms with van der Waals surface area (Å²) in [6.45, 7) is 12.0. The molecule has 0 bridgehead atoms. The van der Waals surface area contributed by atoms with Crippen molar-refractivity contribution in [1.82, 2.24) is 4.90 Å². The third kappa shape index (κ3) is 5.22. The second kappa shape index (κ2) is 8.63. The van der Waals surface area contributed by atoms with Gasteiger partial charge in [-0.25, -0.2) is 4.79 Å². The summed E-state index contributed by atoms with van der Waals surface area (Å²) in [6.07, 6.45) is 0. The van der Waals surface area contributed by atoms with Gasteiger partial charge in [-0.1, -0.05) is 0 Å². The van der Waals surface area contributed by atoms with Gasteiger partial charge in [-0.05, 0) is 46.8 Å². The number of esters is 1. The molecule has 124 valence electrons. The first-order chi connectivity index (χ1) is 10.4. The quantitative estimate of drug-likeness (QED) is 0.591. The average Bonchev–Trinajstić information content (AvgIpc) is 2.43. The van der Waals surface area contributed by atoms with Crippen molar-refractivity contribution >= 4 is 11.7 Å². The summed E-state index contributed by atoms with van der Waals surface area (Å²) < 4.78 is 10.8. The fourth-order valence-electron chi connectivity index (χ4n) is 2.41. The van der Waals surface area contributed by atoms with E-state index in [0.717, 1.165) is 6.54 Å². The lowest BCUT2D eigenvalue weighted by atomic mass is 10.2. The van der Waals surface area contributed by atoms with Crippen LogP contribution in [0.5, 0.6) is 5.75 Å². The summed E-state index contributed by atoms with van der Waals surface area (Å²) >= 11 is 0. The highest BCUT2D eigenvalue weighted by molar-refractivity contribution is 5.93. The number of ether oxygens (including phenoxy) is 2. The number of hydrogen-bond acceptors (Lipinski definition) is 5. The van der Waals surface area contributed by atoms with Crippen LogP contribution < -0.4 is 10.5 Å². The Labute approximate surface area is 133 Å². The number of nitrogens with two attached hydrogens (primary N) is 1. The molecule has 0 spiro atoms. The number of hydrogen-bond donors (Lipinski definition) is 1. The van der Waals surface area contributed by atoms with E-state index < -0.39 is 0 Å². The minimum Gasteiger partial charge on any atom is -0.491 e. The number of benzene rings is 1. The van der Waals surface area contributed by atoms with Crippen molar-refractivity contribution in [2.45, 2.75) is 46.7 Å². The molecule has 0 saturated carbocycles. The maximum Gasteiger partial charge on any atom is 0.341 e. The van der Waals surface area contributed by atoms with Crippen molar-refractivity contribution < 1.29 is 14.3 Å². The van der Waals surface area contributed by atoms with E-state index in [0.29, 0.717) is 42.3 Å². The van der Waals surface area contributed by atoms with Gasteiger partial charge in [-0.3, -0.25) is 4.90 Å². The molecule has 0 radical (unpaired) electrons. The molecule has 0 unspecified atom stereocenters. The molecule has 0 atom stereocenters. The second-order valence-corrected chi connectivity index (χ2v) is 5.75. The summed E-state index contributed by atoms with van der Waals surface area (Å²) in [7, 11) is 0. The van der Waals surface area contributed by atoms with Crippen LogP contribution in [0.4, 0.5) is 5.69 Å². The summed E-state index contributed by atoms with van der Waals surface area (Å²) in [5.41, 5.74) is 6.76. The first-order valence-corrected chi connectivity index (χ1v) is 7.82. The third-order valence-electron chi connectivity index (χ3n) is 3.43. The summed E-state index contributed by atoms with van der Waals surface area (Å²) in [5.74, 6) is 0.0907. The van der Waals surface area contributed by atoms with Crippen LogP contribution in [0.1, 0.15) is 45.0 Å². The SMILES string of the molecule is CCOC(=O)c1ccc(N)cc1OCCN(C(C)C)C(C)C. The number of carbonyl (C=O) groups is 1. The molecule has 1 rings (SSSR count). The van der Waals surface area contributed by atoms with E-state index in [1.54, 1.807) is 25.1 Å². The van der Waals surface area contributed by atoms with Crippen LogP contribution in [0.2, 0.25) is 0 Å². The molecule has 0 aliphatic rings. The lowest BCUT2D eigenvalue weighted by Crippen LogP contribution is -2.39. The Kier molecular flexibility index (Phi) is 7.18. The number of carbonyl (C=O) groups excluding carboxylic acids is 1. The number of nitrogen functional groups attached to an aromatic ring is 1. The second-order valence-electron chi connectivity index (χ2n) is 5.75. The molecule has 22 heavy (non-hydrogen) atoms. The van der Waals surface area contributed by atoms with E-state index in [-0.39, 0.29) is 5.97 Å². The summed E-state index contributed by atoms with van der Waals surface area (Å²) in [4.78, 5) is 14.3. The highest BCUT2D eigenvalue weighted by Gasteiger charge is 2.16. The molecule has 0 fully saturated rings. The van der Waals surface area contributed by atoms with Gasteiger partial charge >= 0.3 is 5.97 Å². The van der Waals surface area contributed by atoms with E-state index in [4.69, 9.17) is 15.2 Å². The molecule has 0 amide bonds. The molecule has 0 aliphatic heterocycles. The summed E-state index contributed by atoms with van der Waals surface area (Å²) in [5, 5.41) is 0. The third-order valence-corrected chi connectivity index (χ3v) is 3.43. The Morgan fingerprint density at radius 1 is 1.23 bits per heavy atom. The Hall–Kier alpha value is -1.75. The van der Waals surface area contributed by atoms with Crippen molar-refractivity contribution in [1.29, 1.82) is 0 Å². The summed E-state index contributed by atoms with van der Waals surface area (Å²) in [6, 6.07) is 5.86. The molecule has 1 aromatic carbocycles. The van der Waals surface area contributed by atoms with Gasteiger partial charge in [0.15, 0.2) is 0 Å². The Morgan fingerprint density at radius 2 is 1.86 bits per heavy atom. The van der Waals surface area contributed by atoms with E-state index >= 15 is 0 Å². The fraction of sp³-hybridized carbons (Fsp3) is 0.588. The van der Waals surface area contributed by atoms with Gasteiger partial charge in [-0.2, -0.15) is 0 Å². The van der Waals surface area contributed by atoms with E-state index in [1.807, 2.05) is 0 Å². The standard InChI is InChI=1S/C17H28N2O3/c1-6-21-17(20)15-8-7-14(18)11-16(15)22-10-9-19(12(2)3)13(4)5/h7-8,11-13H,6,9-10,18H2,1-5H3. The van der Waals surface area contributed by atoms with Crippen molar-refractivity contribution in [3.05, 3.63) is 23.8 Å². The molecule has 1 aromatic rings. The lowest BCUT2D eigenvalue weighted by Gasteiger charge is -2.30. The predicted octanol–water partition coefficient (Wildman–Crippen LogP) is 2.94. The van der Waals surface area contributed by atoms with E-state index in [2.05, 4.69) is 32.6 Å². The van der Waals surface area contributed by atoms with Gasteiger partial charge in [-0.15, -0.1) is 0 Å². The van der Waals surface area contributed by atoms with Crippen LogP contribution in [0.25, 0.3) is 0 Å². The molecule has 5 heteroatoms. The van der Waals surface area contributed by atoms with Crippen LogP contribution in [-0.4, -0.2) is 42.7 Å². The highest BCUT2D eigenvalue weighted by atomic mass is 16.5. The van der Waals surface area contributed by atoms with Crippen LogP contribution in [0.3, 0.4) is 0 Å². The topological polar surface area (TPSA) is 64.8 Å². The van der Waals surface area contributed by atoms with Crippen molar-refractivity contribution in [2.75, 3.05) is 25.5 Å². The van der Waals surface area contributed by atoms with Crippen molar-refractivity contribution in [3.8, 4) is 5.75 Å². The molecule has 0 aromatic heterocycles. The maximum absolute atomic E-state index is 11.9. The zero-order valence-electron chi connectivity index (χ0n) is 14.3. The Balaban J connectivity index is 2.76. The Morgan fingerprint density at radius 3 is 2.41 bits per heavy atom. The monoisotopic (exact) mass is 308 g/mol. The van der Waals surface area contributed by atoms with Gasteiger partial charge in [0.2, 0.25) is 0 Å². The zero-order valence-corrected chi connectivity index (χ0v) is 14.3. The van der Waals surface area contributed by atoms with Crippen molar-refractivity contribution in [2.24, 2.45) is 0 Å². The van der Waals surface area contributed by atoms with Crippen LogP contribution in [0, 0.1) is 0 Å². The van der Waals surface area contributed by atoms with Gasteiger partial charge < -0.3 is 15.2 Å². The maximum atomic E-state index is 11.9. The molecular formula is C17H28N2O3. The first kappa shape index (κ1) is 18.3. The molecule has 0 saturated heterocycles. The van der Waals surface area contributed by atoms with Gasteiger partial charge in [0.25, 0.3) is 0 Å². The number of nitrogens with zero attached hydrogens (tertiary/aromatic N) is 1. The van der Waals surface area contributed by atoms with Crippen LogP contribution >= 0.6 is 0 Å². The lowest BCUT2D eigenvalue weighted by molar-refractivity contribution is 0.0520. The van der Waals surface area contributed by atoms with E-state index in [9.17, 15) is 4.79 Å². The molecule has 2 N–H and O–H groups in total. The van der Waals surface area contributed by atoms with Crippen molar-refractivity contribution in [3.63, 3.8) is 0 Å². The number of anilines is 1. The smallest absolute Gasteiger partial charge is 0.341 e. The van der Waals surface area contributed by atoms with Gasteiger partial charge in [0.05, 0.1) is 6.61 Å². The molecule has 0 aliphatic carbocycles.